The number of hydrogen-bond donors (Lipinski definition) is 0. The van der Waals surface area contributed by atoms with Gasteiger partial charge >= 0.3 is 0 Å². The van der Waals surface area contributed by atoms with Gasteiger partial charge in [0.2, 0.25) is 0 Å². The fourth-order valence-electron chi connectivity index (χ4n) is 2.58. The lowest BCUT2D eigenvalue weighted by Crippen LogP contribution is -2.21. The lowest BCUT2D eigenvalue weighted by atomic mass is 10.1. The van der Waals surface area contributed by atoms with E-state index in [0.717, 1.165) is 17.0 Å². The van der Waals surface area contributed by atoms with Gasteiger partial charge in [0.1, 0.15) is 11.4 Å². The number of amides is 1. The minimum absolute atomic E-state index is 0.0869. The van der Waals surface area contributed by atoms with E-state index in [0.29, 0.717) is 11.3 Å². The standard InChI is InChI=1S/C20H21N3O2/c1-14-8-10-16(11-9-14)23-13-18(20(24)22(2)3)19(21-23)15-6-5-7-17(12-15)25-4/h5-13H,1-4H3. The second kappa shape index (κ2) is 6.81. The summed E-state index contributed by atoms with van der Waals surface area (Å²) < 4.78 is 7.04. The minimum Gasteiger partial charge on any atom is -0.497 e. The monoisotopic (exact) mass is 335 g/mol. The molecule has 0 saturated carbocycles. The number of carbonyl (C=O) groups excluding carboxylic acids is 1. The van der Waals surface area contributed by atoms with Crippen LogP contribution in [0.15, 0.2) is 54.7 Å². The molecule has 5 heteroatoms. The Morgan fingerprint density at radius 2 is 1.84 bits per heavy atom. The third kappa shape index (κ3) is 3.40. The summed E-state index contributed by atoms with van der Waals surface area (Å²) in [6, 6.07) is 15.6. The molecule has 5 nitrogen and oxygen atoms in total. The molecule has 1 heterocycles. The van der Waals surface area contributed by atoms with Gasteiger partial charge in [0, 0.05) is 25.9 Å². The van der Waals surface area contributed by atoms with Gasteiger partial charge in [-0.1, -0.05) is 29.8 Å². The maximum atomic E-state index is 12.6. The van der Waals surface area contributed by atoms with Crippen molar-refractivity contribution >= 4 is 5.91 Å². The zero-order valence-electron chi connectivity index (χ0n) is 14.9. The topological polar surface area (TPSA) is 47.4 Å². The molecule has 0 aliphatic carbocycles. The Kier molecular flexibility index (Phi) is 4.57. The van der Waals surface area contributed by atoms with Gasteiger partial charge in [-0.3, -0.25) is 4.79 Å². The van der Waals surface area contributed by atoms with Crippen LogP contribution in [-0.2, 0) is 0 Å². The molecule has 0 bridgehead atoms. The van der Waals surface area contributed by atoms with Crippen LogP contribution in [0, 0.1) is 6.92 Å². The summed E-state index contributed by atoms with van der Waals surface area (Å²) in [5.41, 5.74) is 4.12. The molecule has 3 aromatic rings. The number of ether oxygens (including phenoxy) is 1. The lowest BCUT2D eigenvalue weighted by Gasteiger charge is -2.10. The van der Waals surface area contributed by atoms with Crippen LogP contribution in [0.5, 0.6) is 5.75 Å². The van der Waals surface area contributed by atoms with Gasteiger partial charge in [0.15, 0.2) is 0 Å². The Morgan fingerprint density at radius 3 is 2.48 bits per heavy atom. The molecule has 3 rings (SSSR count). The highest BCUT2D eigenvalue weighted by Gasteiger charge is 2.20. The predicted molar refractivity (Wildman–Crippen MR) is 98.3 cm³/mol. The molecule has 2 aromatic carbocycles. The van der Waals surface area contributed by atoms with Gasteiger partial charge in [0.05, 0.1) is 18.4 Å². The van der Waals surface area contributed by atoms with E-state index < -0.39 is 0 Å². The Morgan fingerprint density at radius 1 is 1.12 bits per heavy atom. The molecule has 0 N–H and O–H groups in total. The molecule has 1 amide bonds. The fraction of sp³-hybridized carbons (Fsp3) is 0.200. The SMILES string of the molecule is COc1cccc(-c2nn(-c3ccc(C)cc3)cc2C(=O)N(C)C)c1. The summed E-state index contributed by atoms with van der Waals surface area (Å²) in [4.78, 5) is 14.2. The van der Waals surface area contributed by atoms with Crippen LogP contribution in [0.3, 0.4) is 0 Å². The van der Waals surface area contributed by atoms with E-state index >= 15 is 0 Å². The highest BCUT2D eigenvalue weighted by Crippen LogP contribution is 2.27. The van der Waals surface area contributed by atoms with E-state index in [4.69, 9.17) is 4.74 Å². The highest BCUT2D eigenvalue weighted by molar-refractivity contribution is 5.99. The second-order valence-electron chi connectivity index (χ2n) is 6.10. The first-order valence-electron chi connectivity index (χ1n) is 8.02. The average Bonchev–Trinajstić information content (AvgIpc) is 3.07. The van der Waals surface area contributed by atoms with Crippen LogP contribution in [0.1, 0.15) is 15.9 Å². The zero-order chi connectivity index (χ0) is 18.0. The van der Waals surface area contributed by atoms with Crippen LogP contribution in [-0.4, -0.2) is 41.8 Å². The van der Waals surface area contributed by atoms with Crippen molar-refractivity contribution in [3.05, 3.63) is 65.9 Å². The molecule has 25 heavy (non-hydrogen) atoms. The molecule has 0 aliphatic rings. The summed E-state index contributed by atoms with van der Waals surface area (Å²) in [7, 11) is 5.09. The van der Waals surface area contributed by atoms with Gasteiger partial charge in [-0.25, -0.2) is 4.68 Å². The molecule has 0 spiro atoms. The Balaban J connectivity index is 2.14. The lowest BCUT2D eigenvalue weighted by molar-refractivity contribution is 0.0828. The summed E-state index contributed by atoms with van der Waals surface area (Å²) in [6.45, 7) is 2.04. The number of nitrogens with zero attached hydrogens (tertiary/aromatic N) is 3. The van der Waals surface area contributed by atoms with Crippen molar-refractivity contribution in [1.82, 2.24) is 14.7 Å². The van der Waals surface area contributed by atoms with Crippen LogP contribution in [0.2, 0.25) is 0 Å². The Labute approximate surface area is 147 Å². The van der Waals surface area contributed by atoms with Crippen LogP contribution >= 0.6 is 0 Å². The molecule has 0 radical (unpaired) electrons. The van der Waals surface area contributed by atoms with E-state index in [1.165, 1.54) is 5.56 Å². The first kappa shape index (κ1) is 16.8. The number of rotatable bonds is 4. The van der Waals surface area contributed by atoms with Crippen molar-refractivity contribution in [2.45, 2.75) is 6.92 Å². The van der Waals surface area contributed by atoms with Crippen molar-refractivity contribution in [2.75, 3.05) is 21.2 Å². The summed E-state index contributed by atoms with van der Waals surface area (Å²) >= 11 is 0. The van der Waals surface area contributed by atoms with E-state index in [2.05, 4.69) is 5.10 Å². The van der Waals surface area contributed by atoms with Gasteiger partial charge < -0.3 is 9.64 Å². The van der Waals surface area contributed by atoms with Gasteiger partial charge in [-0.2, -0.15) is 5.10 Å². The normalized spacial score (nSPS) is 10.6. The van der Waals surface area contributed by atoms with Gasteiger partial charge in [-0.15, -0.1) is 0 Å². The summed E-state index contributed by atoms with van der Waals surface area (Å²) in [6.07, 6.45) is 1.78. The van der Waals surface area contributed by atoms with Crippen molar-refractivity contribution in [3.8, 4) is 22.7 Å². The van der Waals surface area contributed by atoms with Crippen LogP contribution < -0.4 is 4.74 Å². The molecular weight excluding hydrogens is 314 g/mol. The predicted octanol–water partition coefficient (Wildman–Crippen LogP) is 3.56. The Hall–Kier alpha value is -3.08. The number of hydrogen-bond acceptors (Lipinski definition) is 3. The maximum Gasteiger partial charge on any atom is 0.257 e. The van der Waals surface area contributed by atoms with E-state index in [9.17, 15) is 4.79 Å². The third-order valence-corrected chi connectivity index (χ3v) is 3.99. The fourth-order valence-corrected chi connectivity index (χ4v) is 2.58. The smallest absolute Gasteiger partial charge is 0.257 e. The zero-order valence-corrected chi connectivity index (χ0v) is 14.9. The first-order chi connectivity index (χ1) is 12.0. The van der Waals surface area contributed by atoms with Crippen LogP contribution in [0.25, 0.3) is 16.9 Å². The molecule has 0 saturated heterocycles. The number of carbonyl (C=O) groups is 1. The van der Waals surface area contributed by atoms with E-state index in [1.807, 2.05) is 55.5 Å². The molecule has 128 valence electrons. The molecule has 0 unspecified atom stereocenters. The van der Waals surface area contributed by atoms with Crippen molar-refractivity contribution in [3.63, 3.8) is 0 Å². The molecule has 1 aromatic heterocycles. The molecular formula is C20H21N3O2. The molecule has 0 fully saturated rings. The second-order valence-corrected chi connectivity index (χ2v) is 6.10. The van der Waals surface area contributed by atoms with Crippen molar-refractivity contribution in [2.24, 2.45) is 0 Å². The molecule has 0 atom stereocenters. The number of aryl methyl sites for hydroxylation is 1. The van der Waals surface area contributed by atoms with Gasteiger partial charge in [-0.05, 0) is 31.2 Å². The van der Waals surface area contributed by atoms with E-state index in [-0.39, 0.29) is 5.91 Å². The van der Waals surface area contributed by atoms with Crippen molar-refractivity contribution in [1.29, 1.82) is 0 Å². The van der Waals surface area contributed by atoms with Crippen LogP contribution in [0.4, 0.5) is 0 Å². The molecule has 0 aliphatic heterocycles. The highest BCUT2D eigenvalue weighted by atomic mass is 16.5. The van der Waals surface area contributed by atoms with E-state index in [1.54, 1.807) is 37.0 Å². The van der Waals surface area contributed by atoms with Crippen molar-refractivity contribution < 1.29 is 9.53 Å². The quantitative estimate of drug-likeness (QED) is 0.732. The number of methoxy groups -OCH3 is 1. The first-order valence-corrected chi connectivity index (χ1v) is 8.02. The largest absolute Gasteiger partial charge is 0.497 e. The minimum atomic E-state index is -0.0869. The summed E-state index contributed by atoms with van der Waals surface area (Å²) in [5.74, 6) is 0.641. The summed E-state index contributed by atoms with van der Waals surface area (Å²) in [5, 5.41) is 4.67. The number of benzene rings is 2. The third-order valence-electron chi connectivity index (χ3n) is 3.99. The van der Waals surface area contributed by atoms with Gasteiger partial charge in [0.25, 0.3) is 5.91 Å². The average molecular weight is 335 g/mol. The Bertz CT molecular complexity index is 896. The maximum absolute atomic E-state index is 12.6. The number of aromatic nitrogens is 2.